The topological polar surface area (TPSA) is 78.9 Å². The first-order valence-corrected chi connectivity index (χ1v) is 16.2. The van der Waals surface area contributed by atoms with Gasteiger partial charge >= 0.3 is 11.9 Å². The molecule has 0 aliphatic heterocycles. The van der Waals surface area contributed by atoms with Crippen LogP contribution in [0.4, 0.5) is 0 Å². The van der Waals surface area contributed by atoms with Crippen LogP contribution in [0.2, 0.25) is 0 Å². The fraction of sp³-hybridized carbons (Fsp3) is 0.146. The number of ether oxygens (including phenoxy) is 3. The third kappa shape index (κ3) is 12.2. The van der Waals surface area contributed by atoms with Crippen molar-refractivity contribution in [1.29, 1.82) is 0 Å². The molecule has 0 saturated carbocycles. The van der Waals surface area contributed by atoms with E-state index in [1.54, 1.807) is 36.4 Å². The van der Waals surface area contributed by atoms with E-state index in [-0.39, 0.29) is 11.1 Å². The summed E-state index contributed by atoms with van der Waals surface area (Å²) in [5.74, 6) is 12.8. The molecule has 0 atom stereocenters. The number of carbonyl (C=O) groups is 3. The molecule has 0 unspecified atom stereocenters. The van der Waals surface area contributed by atoms with Crippen LogP contribution >= 0.6 is 11.8 Å². The van der Waals surface area contributed by atoms with Crippen LogP contribution in [0.1, 0.15) is 58.3 Å². The molecular formula is C41H34O6S. The van der Waals surface area contributed by atoms with Crippen molar-refractivity contribution in [3.05, 3.63) is 150 Å². The second-order valence-corrected chi connectivity index (χ2v) is 11.3. The summed E-state index contributed by atoms with van der Waals surface area (Å²) >= 11 is 1.17. The van der Waals surface area contributed by atoms with Crippen LogP contribution in [-0.2, 0) is 14.3 Å². The van der Waals surface area contributed by atoms with Gasteiger partial charge in [-0.15, -0.1) is 0 Å². The minimum absolute atomic E-state index is 0.0493. The lowest BCUT2D eigenvalue weighted by molar-refractivity contribution is -0.137. The Morgan fingerprint density at radius 2 is 1.02 bits per heavy atom. The normalized spacial score (nSPS) is 9.92. The Kier molecular flexibility index (Phi) is 13.9. The van der Waals surface area contributed by atoms with Crippen LogP contribution in [0.25, 0.3) is 0 Å². The maximum absolute atomic E-state index is 12.8. The molecule has 0 aromatic heterocycles. The van der Waals surface area contributed by atoms with Crippen molar-refractivity contribution in [3.8, 4) is 35.2 Å². The van der Waals surface area contributed by atoms with E-state index < -0.39 is 5.97 Å². The first-order valence-electron chi connectivity index (χ1n) is 15.3. The fourth-order valence-corrected chi connectivity index (χ4v) is 4.87. The highest BCUT2D eigenvalue weighted by Gasteiger charge is 2.09. The Morgan fingerprint density at radius 1 is 0.562 bits per heavy atom. The number of thioether (sulfide) groups is 1. The molecule has 0 saturated heterocycles. The van der Waals surface area contributed by atoms with Gasteiger partial charge in [0.05, 0.1) is 13.2 Å². The predicted molar refractivity (Wildman–Crippen MR) is 189 cm³/mol. The maximum Gasteiger partial charge on any atom is 0.335 e. The van der Waals surface area contributed by atoms with Crippen molar-refractivity contribution in [3.63, 3.8) is 0 Å². The molecule has 4 aromatic rings. The number of hydrogen-bond acceptors (Lipinski definition) is 7. The predicted octanol–water partition coefficient (Wildman–Crippen LogP) is 8.18. The molecule has 0 aliphatic carbocycles. The van der Waals surface area contributed by atoms with Crippen LogP contribution < -0.4 is 9.47 Å². The Morgan fingerprint density at radius 3 is 1.54 bits per heavy atom. The average molecular weight is 655 g/mol. The van der Waals surface area contributed by atoms with Crippen LogP contribution in [0, 0.1) is 23.7 Å². The number of unbranched alkanes of at least 4 members (excludes halogenated alkanes) is 3. The van der Waals surface area contributed by atoms with E-state index in [4.69, 9.17) is 14.2 Å². The zero-order valence-electron chi connectivity index (χ0n) is 26.4. The third-order valence-electron chi connectivity index (χ3n) is 6.70. The molecule has 240 valence electrons. The minimum atomic E-state index is -0.506. The van der Waals surface area contributed by atoms with Gasteiger partial charge in [0.25, 0.3) is 0 Å². The summed E-state index contributed by atoms with van der Waals surface area (Å²) in [5, 5.41) is -0.0493. The molecule has 48 heavy (non-hydrogen) atoms. The number of carbonyl (C=O) groups excluding carboxylic acids is 3. The zero-order valence-corrected chi connectivity index (χ0v) is 27.2. The van der Waals surface area contributed by atoms with Gasteiger partial charge in [-0.2, -0.15) is 0 Å². The van der Waals surface area contributed by atoms with E-state index in [2.05, 4.69) is 36.8 Å². The number of esters is 2. The molecule has 4 aromatic carbocycles. The monoisotopic (exact) mass is 654 g/mol. The molecule has 0 bridgehead atoms. The highest BCUT2D eigenvalue weighted by atomic mass is 32.2. The second-order valence-electron chi connectivity index (χ2n) is 10.3. The summed E-state index contributed by atoms with van der Waals surface area (Å²) in [6, 6.07) is 29.4. The SMILES string of the molecule is C=CC(=O)OCCCCCCOc1ccc(C(=O)Sc2ccc(C#Cc3ccc(C#Cc4ccc(OC(=O)C=C)cc4)cc3)cc2)cc1. The van der Waals surface area contributed by atoms with Crippen molar-refractivity contribution in [2.24, 2.45) is 0 Å². The van der Waals surface area contributed by atoms with Gasteiger partial charge in [-0.3, -0.25) is 4.79 Å². The second kappa shape index (κ2) is 19.0. The van der Waals surface area contributed by atoms with Gasteiger partial charge in [-0.05, 0) is 135 Å². The van der Waals surface area contributed by atoms with Gasteiger partial charge in [-0.1, -0.05) is 36.8 Å². The fourth-order valence-electron chi connectivity index (χ4n) is 4.13. The number of rotatable bonds is 13. The van der Waals surface area contributed by atoms with Gasteiger partial charge < -0.3 is 14.2 Å². The Labute approximate surface area is 285 Å². The molecule has 0 heterocycles. The van der Waals surface area contributed by atoms with Gasteiger partial charge in [0, 0.05) is 44.9 Å². The van der Waals surface area contributed by atoms with Gasteiger partial charge in [-0.25, -0.2) is 9.59 Å². The Balaban J connectivity index is 1.19. The molecule has 0 amide bonds. The molecule has 7 heteroatoms. The first-order chi connectivity index (χ1) is 23.4. The van der Waals surface area contributed by atoms with Crippen molar-refractivity contribution in [2.75, 3.05) is 13.2 Å². The van der Waals surface area contributed by atoms with E-state index in [1.165, 1.54) is 17.8 Å². The van der Waals surface area contributed by atoms with E-state index in [0.29, 0.717) is 24.5 Å². The van der Waals surface area contributed by atoms with E-state index in [1.807, 2.05) is 60.7 Å². The van der Waals surface area contributed by atoms with Crippen molar-refractivity contribution in [1.82, 2.24) is 0 Å². The number of hydrogen-bond donors (Lipinski definition) is 0. The van der Waals surface area contributed by atoms with Crippen LogP contribution in [-0.4, -0.2) is 30.3 Å². The number of benzene rings is 4. The third-order valence-corrected chi connectivity index (χ3v) is 7.63. The largest absolute Gasteiger partial charge is 0.494 e. The molecule has 4 rings (SSSR count). The van der Waals surface area contributed by atoms with Gasteiger partial charge in [0.2, 0.25) is 5.12 Å². The molecular weight excluding hydrogens is 621 g/mol. The highest BCUT2D eigenvalue weighted by Crippen LogP contribution is 2.24. The summed E-state index contributed by atoms with van der Waals surface area (Å²) in [6.45, 7) is 7.74. The zero-order chi connectivity index (χ0) is 34.0. The van der Waals surface area contributed by atoms with E-state index in [9.17, 15) is 14.4 Å². The van der Waals surface area contributed by atoms with Crippen molar-refractivity contribution in [2.45, 2.75) is 30.6 Å². The molecule has 0 spiro atoms. The van der Waals surface area contributed by atoms with Crippen LogP contribution in [0.3, 0.4) is 0 Å². The van der Waals surface area contributed by atoms with Gasteiger partial charge in [0.15, 0.2) is 0 Å². The van der Waals surface area contributed by atoms with E-state index >= 15 is 0 Å². The molecule has 0 aliphatic rings. The lowest BCUT2D eigenvalue weighted by Gasteiger charge is -2.07. The van der Waals surface area contributed by atoms with Crippen molar-refractivity contribution < 1.29 is 28.6 Å². The summed E-state index contributed by atoms with van der Waals surface area (Å²) in [7, 11) is 0. The summed E-state index contributed by atoms with van der Waals surface area (Å²) < 4.78 is 15.8. The standard InChI is InChI=1S/C41H34O6S/c1-3-39(42)46-30-8-6-5-7-29-45-36-25-21-35(22-26-36)41(44)48-38-27-19-34(20-28-38)16-14-32-11-9-31(10-12-32)13-15-33-17-23-37(24-18-33)47-40(43)4-2/h3-4,9-12,17-28H,1-2,5-8,29-30H2. The molecule has 0 radical (unpaired) electrons. The highest BCUT2D eigenvalue weighted by molar-refractivity contribution is 8.14. The Bertz CT molecular complexity index is 1830. The molecule has 0 fully saturated rings. The lowest BCUT2D eigenvalue weighted by Crippen LogP contribution is -2.02. The summed E-state index contributed by atoms with van der Waals surface area (Å²) in [5.41, 5.74) is 3.95. The van der Waals surface area contributed by atoms with Crippen molar-refractivity contribution >= 4 is 28.8 Å². The van der Waals surface area contributed by atoms with Crippen LogP contribution in [0.15, 0.2) is 127 Å². The quantitative estimate of drug-likeness (QED) is 0.0359. The molecule has 0 N–H and O–H groups in total. The smallest absolute Gasteiger partial charge is 0.335 e. The lowest BCUT2D eigenvalue weighted by atomic mass is 10.1. The summed E-state index contributed by atoms with van der Waals surface area (Å²) in [6.07, 6.45) is 5.92. The Hall–Kier alpha value is -5.76. The van der Waals surface area contributed by atoms with Gasteiger partial charge in [0.1, 0.15) is 11.5 Å². The van der Waals surface area contributed by atoms with E-state index in [0.717, 1.165) is 64.7 Å². The van der Waals surface area contributed by atoms with Crippen LogP contribution in [0.5, 0.6) is 11.5 Å². The minimum Gasteiger partial charge on any atom is -0.494 e. The molecule has 6 nitrogen and oxygen atoms in total. The average Bonchev–Trinajstić information content (AvgIpc) is 3.12. The summed E-state index contributed by atoms with van der Waals surface area (Å²) in [4.78, 5) is 35.9. The maximum atomic E-state index is 12.8. The first kappa shape index (κ1) is 35.1.